The van der Waals surface area contributed by atoms with Crippen molar-refractivity contribution in [3.05, 3.63) is 105 Å². The third kappa shape index (κ3) is 5.82. The van der Waals surface area contributed by atoms with Gasteiger partial charge in [0.25, 0.3) is 0 Å². The number of hydrogen-bond donors (Lipinski definition) is 1. The number of hydrogen-bond acceptors (Lipinski definition) is 6. The van der Waals surface area contributed by atoms with E-state index in [1.807, 2.05) is 12.1 Å². The van der Waals surface area contributed by atoms with Crippen molar-refractivity contribution >= 4 is 57.5 Å². The number of ether oxygens (including phenoxy) is 2. The van der Waals surface area contributed by atoms with Crippen LogP contribution in [-0.2, 0) is 27.3 Å². The Morgan fingerprint density at radius 3 is 2.33 bits per heavy atom. The van der Waals surface area contributed by atoms with Gasteiger partial charge in [-0.25, -0.2) is 4.79 Å². The lowest BCUT2D eigenvalue weighted by atomic mass is 9.98. The summed E-state index contributed by atoms with van der Waals surface area (Å²) in [6.07, 6.45) is 0.917. The molecule has 1 heterocycles. The summed E-state index contributed by atoms with van der Waals surface area (Å²) in [6, 6.07) is 18.6. The highest BCUT2D eigenvalue weighted by atomic mass is 35.5. The third-order valence-corrected chi connectivity index (χ3v) is 6.14. The molecular weight excluding hydrogens is 503 g/mol. The minimum Gasteiger partial charge on any atom is -0.469 e. The summed E-state index contributed by atoms with van der Waals surface area (Å²) >= 11 is 11.9. The van der Waals surface area contributed by atoms with E-state index in [-0.39, 0.29) is 30.5 Å². The molecule has 0 bridgehead atoms. The predicted octanol–water partition coefficient (Wildman–Crippen LogP) is 6.24. The molecule has 4 rings (SSSR count). The van der Waals surface area contributed by atoms with Crippen LogP contribution in [0.1, 0.15) is 27.2 Å². The van der Waals surface area contributed by atoms with Crippen LogP contribution in [0.5, 0.6) is 0 Å². The molecule has 1 aromatic heterocycles. The van der Waals surface area contributed by atoms with Gasteiger partial charge in [0.05, 0.1) is 23.6 Å². The van der Waals surface area contributed by atoms with Crippen LogP contribution in [0.3, 0.4) is 0 Å². The summed E-state index contributed by atoms with van der Waals surface area (Å²) in [5.74, 6) is -0.677. The topological polar surface area (TPSA) is 94.6 Å². The smallest absolute Gasteiger partial charge is 0.411 e. The van der Waals surface area contributed by atoms with Crippen LogP contribution >= 0.6 is 23.2 Å². The van der Waals surface area contributed by atoms with Crippen LogP contribution in [0.4, 0.5) is 10.5 Å². The molecule has 0 radical (unpaired) electrons. The number of amides is 1. The van der Waals surface area contributed by atoms with Gasteiger partial charge in [0.2, 0.25) is 5.78 Å². The van der Waals surface area contributed by atoms with Gasteiger partial charge in [-0.15, -0.1) is 0 Å². The molecule has 0 atom stereocenters. The summed E-state index contributed by atoms with van der Waals surface area (Å²) in [6.45, 7) is 0.0179. The number of aromatic nitrogens is 1. The van der Waals surface area contributed by atoms with Gasteiger partial charge in [0.1, 0.15) is 12.3 Å². The maximum Gasteiger partial charge on any atom is 0.411 e. The first-order chi connectivity index (χ1) is 17.4. The fraction of sp³-hybridized carbons (Fsp3) is 0.111. The van der Waals surface area contributed by atoms with Gasteiger partial charge in [-0.3, -0.25) is 19.9 Å². The van der Waals surface area contributed by atoms with Gasteiger partial charge in [-0.1, -0.05) is 53.5 Å². The molecular formula is C27H20Cl2N2O5. The molecule has 3 aromatic carbocycles. The predicted molar refractivity (Wildman–Crippen MR) is 138 cm³/mol. The van der Waals surface area contributed by atoms with Crippen molar-refractivity contribution in [3.8, 4) is 0 Å². The molecule has 1 N–H and O–H groups in total. The Morgan fingerprint density at radius 1 is 0.917 bits per heavy atom. The van der Waals surface area contributed by atoms with Gasteiger partial charge in [-0.2, -0.15) is 0 Å². The summed E-state index contributed by atoms with van der Waals surface area (Å²) in [5, 5.41) is 4.79. The molecule has 0 unspecified atom stereocenters. The van der Waals surface area contributed by atoms with E-state index < -0.39 is 6.09 Å². The molecule has 7 nitrogen and oxygen atoms in total. The molecule has 0 fully saturated rings. The number of nitrogens with zero attached hydrogens (tertiary/aromatic N) is 1. The van der Waals surface area contributed by atoms with E-state index in [0.717, 1.165) is 5.39 Å². The Bertz CT molecular complexity index is 1450. The first-order valence-electron chi connectivity index (χ1n) is 10.8. The monoisotopic (exact) mass is 522 g/mol. The second-order valence-electron chi connectivity index (χ2n) is 7.79. The molecule has 0 spiro atoms. The van der Waals surface area contributed by atoms with Gasteiger partial charge in [0.15, 0.2) is 0 Å². The van der Waals surface area contributed by atoms with E-state index in [1.165, 1.54) is 13.3 Å². The number of halogens is 2. The van der Waals surface area contributed by atoms with Crippen LogP contribution in [-0.4, -0.2) is 29.9 Å². The Balaban J connectivity index is 1.45. The molecule has 0 aliphatic carbocycles. The van der Waals surface area contributed by atoms with Crippen LogP contribution in [0, 0.1) is 0 Å². The Morgan fingerprint density at radius 2 is 1.64 bits per heavy atom. The van der Waals surface area contributed by atoms with Gasteiger partial charge in [0, 0.05) is 22.8 Å². The fourth-order valence-corrected chi connectivity index (χ4v) is 3.90. The van der Waals surface area contributed by atoms with Crippen LogP contribution in [0.15, 0.2) is 72.9 Å². The molecule has 9 heteroatoms. The Hall–Kier alpha value is -3.94. The molecule has 1 amide bonds. The summed E-state index contributed by atoms with van der Waals surface area (Å²) in [5.41, 5.74) is 2.48. The zero-order valence-electron chi connectivity index (χ0n) is 19.1. The van der Waals surface area contributed by atoms with Crippen LogP contribution < -0.4 is 5.32 Å². The van der Waals surface area contributed by atoms with Gasteiger partial charge in [-0.05, 0) is 52.9 Å². The van der Waals surface area contributed by atoms with E-state index in [4.69, 9.17) is 32.7 Å². The van der Waals surface area contributed by atoms with Crippen molar-refractivity contribution in [2.75, 3.05) is 12.4 Å². The minimum absolute atomic E-state index is 0.0179. The largest absolute Gasteiger partial charge is 0.469 e. The second-order valence-corrected chi connectivity index (χ2v) is 8.60. The van der Waals surface area contributed by atoms with E-state index >= 15 is 0 Å². The number of fused-ring (bicyclic) bond motifs is 1. The lowest BCUT2D eigenvalue weighted by Crippen LogP contribution is -2.14. The highest BCUT2D eigenvalue weighted by molar-refractivity contribution is 6.42. The molecule has 4 aromatic rings. The molecule has 36 heavy (non-hydrogen) atoms. The minimum atomic E-state index is -0.658. The van der Waals surface area contributed by atoms with Crippen LogP contribution in [0.25, 0.3) is 10.8 Å². The second kappa shape index (κ2) is 11.2. The average molecular weight is 523 g/mol. The molecule has 0 saturated carbocycles. The van der Waals surface area contributed by atoms with E-state index in [1.54, 1.807) is 54.6 Å². The highest BCUT2D eigenvalue weighted by Crippen LogP contribution is 2.25. The van der Waals surface area contributed by atoms with Crippen molar-refractivity contribution < 1.29 is 23.9 Å². The number of esters is 1. The van der Waals surface area contributed by atoms with Crippen molar-refractivity contribution in [2.24, 2.45) is 0 Å². The fourth-order valence-electron chi connectivity index (χ4n) is 3.57. The zero-order chi connectivity index (χ0) is 25.7. The number of carbonyl (C=O) groups is 3. The molecule has 0 aliphatic rings. The van der Waals surface area contributed by atoms with Gasteiger partial charge < -0.3 is 9.47 Å². The Labute approximate surface area is 217 Å². The van der Waals surface area contributed by atoms with E-state index in [2.05, 4.69) is 10.3 Å². The normalized spacial score (nSPS) is 10.6. The SMILES string of the molecule is COC(=O)Cc1cnc(C(=O)c2ccc(NC(=O)OCc3ccc(Cl)c(Cl)c3)cc2)c2ccccc12. The van der Waals surface area contributed by atoms with E-state index in [9.17, 15) is 14.4 Å². The number of pyridine rings is 1. The number of rotatable bonds is 7. The molecule has 0 saturated heterocycles. The highest BCUT2D eigenvalue weighted by Gasteiger charge is 2.17. The number of carbonyl (C=O) groups excluding carboxylic acids is 3. The summed E-state index contributed by atoms with van der Waals surface area (Å²) in [7, 11) is 1.32. The maximum atomic E-state index is 13.2. The van der Waals surface area contributed by atoms with E-state index in [0.29, 0.717) is 37.8 Å². The summed E-state index contributed by atoms with van der Waals surface area (Å²) in [4.78, 5) is 41.4. The van der Waals surface area contributed by atoms with Crippen molar-refractivity contribution in [3.63, 3.8) is 0 Å². The number of benzene rings is 3. The maximum absolute atomic E-state index is 13.2. The average Bonchev–Trinajstić information content (AvgIpc) is 2.89. The summed E-state index contributed by atoms with van der Waals surface area (Å²) < 4.78 is 9.96. The number of anilines is 1. The number of methoxy groups -OCH3 is 1. The number of nitrogens with one attached hydrogen (secondary N) is 1. The van der Waals surface area contributed by atoms with Gasteiger partial charge >= 0.3 is 12.1 Å². The Kier molecular flexibility index (Phi) is 7.83. The van der Waals surface area contributed by atoms with Crippen molar-refractivity contribution in [1.82, 2.24) is 4.98 Å². The lowest BCUT2D eigenvalue weighted by Gasteiger charge is -2.10. The molecule has 182 valence electrons. The third-order valence-electron chi connectivity index (χ3n) is 5.40. The number of ketones is 1. The van der Waals surface area contributed by atoms with Crippen molar-refractivity contribution in [1.29, 1.82) is 0 Å². The van der Waals surface area contributed by atoms with Crippen LogP contribution in [0.2, 0.25) is 10.0 Å². The quantitative estimate of drug-likeness (QED) is 0.228. The standard InChI is InChI=1S/C27H20Cl2N2O5/c1-35-24(32)13-18-14-30-25(21-5-3-2-4-20(18)21)26(33)17-7-9-19(10-8-17)31-27(34)36-15-16-6-11-22(28)23(29)12-16/h2-12,14H,13,15H2,1H3,(H,31,34). The first kappa shape index (κ1) is 25.2. The zero-order valence-corrected chi connectivity index (χ0v) is 20.6. The van der Waals surface area contributed by atoms with Crippen molar-refractivity contribution in [2.45, 2.75) is 13.0 Å². The lowest BCUT2D eigenvalue weighted by molar-refractivity contribution is -0.139. The molecule has 0 aliphatic heterocycles. The first-order valence-corrected chi connectivity index (χ1v) is 11.6.